The van der Waals surface area contributed by atoms with Crippen LogP contribution >= 0.6 is 11.6 Å². The predicted octanol–water partition coefficient (Wildman–Crippen LogP) is 2.98. The second-order valence-electron chi connectivity index (χ2n) is 5.97. The number of nitrogens with one attached hydrogen (secondary N) is 1. The lowest BCUT2D eigenvalue weighted by molar-refractivity contribution is -0.143. The molecule has 24 heavy (non-hydrogen) atoms. The number of alkyl halides is 3. The highest BCUT2D eigenvalue weighted by Gasteiger charge is 2.34. The normalized spacial score (nSPS) is 19.6. The fourth-order valence-electron chi connectivity index (χ4n) is 2.83. The molecule has 0 aromatic heterocycles. The van der Waals surface area contributed by atoms with Crippen LogP contribution in [0.4, 0.5) is 13.2 Å². The van der Waals surface area contributed by atoms with Crippen LogP contribution < -0.4 is 5.32 Å². The van der Waals surface area contributed by atoms with Gasteiger partial charge in [-0.1, -0.05) is 29.8 Å². The fourth-order valence-corrected chi connectivity index (χ4v) is 3.03. The second kappa shape index (κ2) is 8.07. The standard InChI is InChI=1S/C16H22ClF3N4/c1-21-15(23(2)9-12-5-3-4-6-14(12)17)22-13-7-8-24(10-13)11-16(18,19)20/h3-6,13H,7-11H2,1-2H3,(H,21,22). The van der Waals surface area contributed by atoms with Gasteiger partial charge in [0, 0.05) is 44.8 Å². The van der Waals surface area contributed by atoms with Crippen molar-refractivity contribution < 1.29 is 13.2 Å². The average molecular weight is 363 g/mol. The Morgan fingerprint density at radius 1 is 1.42 bits per heavy atom. The van der Waals surface area contributed by atoms with Gasteiger partial charge in [-0.15, -0.1) is 0 Å². The molecule has 134 valence electrons. The molecule has 2 rings (SSSR count). The summed E-state index contributed by atoms with van der Waals surface area (Å²) in [5, 5.41) is 3.92. The summed E-state index contributed by atoms with van der Waals surface area (Å²) in [6.45, 7) is 0.498. The van der Waals surface area contributed by atoms with Crippen LogP contribution in [0, 0.1) is 0 Å². The maximum absolute atomic E-state index is 12.5. The lowest BCUT2D eigenvalue weighted by Gasteiger charge is -2.25. The van der Waals surface area contributed by atoms with Crippen LogP contribution in [0.5, 0.6) is 0 Å². The zero-order valence-electron chi connectivity index (χ0n) is 13.8. The topological polar surface area (TPSA) is 30.9 Å². The third-order valence-electron chi connectivity index (χ3n) is 3.95. The first kappa shape index (κ1) is 18.9. The van der Waals surface area contributed by atoms with E-state index in [0.29, 0.717) is 37.0 Å². The van der Waals surface area contributed by atoms with E-state index < -0.39 is 12.7 Å². The molecule has 1 N–H and O–H groups in total. The summed E-state index contributed by atoms with van der Waals surface area (Å²) in [5.74, 6) is 0.647. The maximum Gasteiger partial charge on any atom is 0.401 e. The number of aliphatic imine (C=N–C) groups is 1. The molecule has 4 nitrogen and oxygen atoms in total. The Kier molecular flexibility index (Phi) is 6.34. The van der Waals surface area contributed by atoms with Crippen LogP contribution in [0.3, 0.4) is 0 Å². The van der Waals surface area contributed by atoms with E-state index in [-0.39, 0.29) is 6.04 Å². The van der Waals surface area contributed by atoms with Crippen molar-refractivity contribution in [3.63, 3.8) is 0 Å². The SMILES string of the molecule is CN=C(NC1CCN(CC(F)(F)F)C1)N(C)Cc1ccccc1Cl. The summed E-state index contributed by atoms with van der Waals surface area (Å²) in [6, 6.07) is 7.50. The van der Waals surface area contributed by atoms with Gasteiger partial charge in [0.1, 0.15) is 0 Å². The minimum atomic E-state index is -4.16. The van der Waals surface area contributed by atoms with Gasteiger partial charge in [-0.3, -0.25) is 9.89 Å². The first-order valence-electron chi connectivity index (χ1n) is 7.75. The summed E-state index contributed by atoms with van der Waals surface area (Å²) in [4.78, 5) is 7.55. The van der Waals surface area contributed by atoms with Gasteiger partial charge < -0.3 is 10.2 Å². The van der Waals surface area contributed by atoms with Crippen LogP contribution in [0.15, 0.2) is 29.3 Å². The fraction of sp³-hybridized carbons (Fsp3) is 0.562. The Hall–Kier alpha value is -1.47. The molecule has 1 atom stereocenters. The Balaban J connectivity index is 1.90. The van der Waals surface area contributed by atoms with Crippen molar-refractivity contribution in [2.24, 2.45) is 4.99 Å². The minimum absolute atomic E-state index is 0.0419. The zero-order chi connectivity index (χ0) is 17.7. The molecule has 1 fully saturated rings. The monoisotopic (exact) mass is 362 g/mol. The van der Waals surface area contributed by atoms with E-state index in [9.17, 15) is 13.2 Å². The molecule has 0 radical (unpaired) electrons. The van der Waals surface area contributed by atoms with E-state index in [0.717, 1.165) is 5.56 Å². The first-order chi connectivity index (χ1) is 11.3. The van der Waals surface area contributed by atoms with E-state index in [4.69, 9.17) is 11.6 Å². The van der Waals surface area contributed by atoms with Gasteiger partial charge in [0.2, 0.25) is 0 Å². The molecule has 1 aliphatic rings. The van der Waals surface area contributed by atoms with Crippen LogP contribution in [-0.2, 0) is 6.54 Å². The minimum Gasteiger partial charge on any atom is -0.352 e. The van der Waals surface area contributed by atoms with E-state index in [1.165, 1.54) is 4.90 Å². The number of rotatable bonds is 4. The highest BCUT2D eigenvalue weighted by atomic mass is 35.5. The molecule has 0 saturated carbocycles. The summed E-state index contributed by atoms with van der Waals surface area (Å²) < 4.78 is 37.4. The molecule has 8 heteroatoms. The van der Waals surface area contributed by atoms with E-state index >= 15 is 0 Å². The van der Waals surface area contributed by atoms with Crippen molar-refractivity contribution in [1.82, 2.24) is 15.1 Å². The van der Waals surface area contributed by atoms with Gasteiger partial charge >= 0.3 is 6.18 Å². The van der Waals surface area contributed by atoms with Crippen LogP contribution in [0.1, 0.15) is 12.0 Å². The number of likely N-dealkylation sites (tertiary alicyclic amines) is 1. The predicted molar refractivity (Wildman–Crippen MR) is 90.3 cm³/mol. The highest BCUT2D eigenvalue weighted by Crippen LogP contribution is 2.20. The number of hydrogen-bond acceptors (Lipinski definition) is 2. The molecule has 1 heterocycles. The van der Waals surface area contributed by atoms with Crippen molar-refractivity contribution >= 4 is 17.6 Å². The third-order valence-corrected chi connectivity index (χ3v) is 4.32. The maximum atomic E-state index is 12.5. The number of guanidine groups is 1. The molecule has 1 aromatic carbocycles. The van der Waals surface area contributed by atoms with Gasteiger partial charge in [-0.05, 0) is 18.1 Å². The molecule has 1 saturated heterocycles. The summed E-state index contributed by atoms with van der Waals surface area (Å²) >= 11 is 6.17. The number of halogens is 4. The van der Waals surface area contributed by atoms with Crippen molar-refractivity contribution in [2.45, 2.75) is 25.2 Å². The molecule has 1 aliphatic heterocycles. The largest absolute Gasteiger partial charge is 0.401 e. The van der Waals surface area contributed by atoms with E-state index in [2.05, 4.69) is 10.3 Å². The molecule has 1 aromatic rings. The average Bonchev–Trinajstić information content (AvgIpc) is 2.92. The first-order valence-corrected chi connectivity index (χ1v) is 8.13. The number of benzene rings is 1. The number of hydrogen-bond donors (Lipinski definition) is 1. The van der Waals surface area contributed by atoms with Gasteiger partial charge in [0.05, 0.1) is 6.54 Å². The second-order valence-corrected chi connectivity index (χ2v) is 6.38. The van der Waals surface area contributed by atoms with Crippen molar-refractivity contribution in [2.75, 3.05) is 33.7 Å². The third kappa shape index (κ3) is 5.56. The zero-order valence-corrected chi connectivity index (χ0v) is 14.5. The molecule has 0 bridgehead atoms. The number of nitrogens with zero attached hydrogens (tertiary/aromatic N) is 3. The van der Waals surface area contributed by atoms with Gasteiger partial charge in [-0.25, -0.2) is 0 Å². The quantitative estimate of drug-likeness (QED) is 0.660. The van der Waals surface area contributed by atoms with Crippen LogP contribution in [-0.4, -0.2) is 61.7 Å². The van der Waals surface area contributed by atoms with Crippen LogP contribution in [0.25, 0.3) is 0 Å². The summed E-state index contributed by atoms with van der Waals surface area (Å²) in [6.07, 6.45) is -3.49. The molecular formula is C16H22ClF3N4. The smallest absolute Gasteiger partial charge is 0.352 e. The molecular weight excluding hydrogens is 341 g/mol. The molecule has 0 aliphatic carbocycles. The molecule has 0 spiro atoms. The van der Waals surface area contributed by atoms with Crippen molar-refractivity contribution in [3.05, 3.63) is 34.9 Å². The lowest BCUT2D eigenvalue weighted by Crippen LogP contribution is -2.45. The van der Waals surface area contributed by atoms with E-state index in [1.807, 2.05) is 36.2 Å². The summed E-state index contributed by atoms with van der Waals surface area (Å²) in [7, 11) is 3.54. The lowest BCUT2D eigenvalue weighted by atomic mass is 10.2. The van der Waals surface area contributed by atoms with Gasteiger partial charge in [0.25, 0.3) is 0 Å². The Morgan fingerprint density at radius 2 is 2.12 bits per heavy atom. The summed E-state index contributed by atoms with van der Waals surface area (Å²) in [5.41, 5.74) is 0.967. The highest BCUT2D eigenvalue weighted by molar-refractivity contribution is 6.31. The Bertz CT molecular complexity index is 577. The molecule has 0 amide bonds. The van der Waals surface area contributed by atoms with Crippen molar-refractivity contribution in [3.8, 4) is 0 Å². The Labute approximate surface area is 145 Å². The van der Waals surface area contributed by atoms with E-state index in [1.54, 1.807) is 7.05 Å². The van der Waals surface area contributed by atoms with Crippen LogP contribution in [0.2, 0.25) is 5.02 Å². The molecule has 1 unspecified atom stereocenters. The van der Waals surface area contributed by atoms with Gasteiger partial charge in [0.15, 0.2) is 5.96 Å². The van der Waals surface area contributed by atoms with Gasteiger partial charge in [-0.2, -0.15) is 13.2 Å². The van der Waals surface area contributed by atoms with Crippen molar-refractivity contribution in [1.29, 1.82) is 0 Å². The Morgan fingerprint density at radius 3 is 2.75 bits per heavy atom.